The Bertz CT molecular complexity index is 827. The van der Waals surface area contributed by atoms with Crippen LogP contribution in [0.4, 0.5) is 0 Å². The third-order valence-electron chi connectivity index (χ3n) is 5.21. The van der Waals surface area contributed by atoms with Gasteiger partial charge in [-0.05, 0) is 43.0 Å². The molecule has 24 heavy (non-hydrogen) atoms. The number of hydrogen-bond acceptors (Lipinski definition) is 3. The zero-order valence-electron chi connectivity index (χ0n) is 13.7. The highest BCUT2D eigenvalue weighted by molar-refractivity contribution is 5.51. The van der Waals surface area contributed by atoms with Crippen molar-refractivity contribution >= 4 is 0 Å². The van der Waals surface area contributed by atoms with Crippen LogP contribution in [0.1, 0.15) is 29.3 Å². The zero-order valence-corrected chi connectivity index (χ0v) is 13.7. The number of aromatic nitrogens is 4. The molecule has 0 saturated heterocycles. The number of benzene rings is 1. The molecule has 1 aliphatic carbocycles. The van der Waals surface area contributed by atoms with Crippen LogP contribution in [-0.2, 0) is 25.9 Å². The minimum absolute atomic E-state index is 0.444. The molecule has 0 saturated carbocycles. The van der Waals surface area contributed by atoms with Crippen LogP contribution in [-0.4, -0.2) is 25.9 Å². The molecule has 5 heteroatoms. The molecule has 0 atom stereocenters. The summed E-state index contributed by atoms with van der Waals surface area (Å²) in [4.78, 5) is 4.63. The first-order chi connectivity index (χ1) is 11.9. The van der Waals surface area contributed by atoms with Crippen LogP contribution in [0.15, 0.2) is 42.7 Å². The van der Waals surface area contributed by atoms with E-state index in [1.54, 1.807) is 0 Å². The van der Waals surface area contributed by atoms with Crippen molar-refractivity contribution in [1.29, 1.82) is 0 Å². The molecular weight excluding hydrogens is 298 g/mol. The Labute approximate surface area is 141 Å². The Morgan fingerprint density at radius 3 is 2.79 bits per heavy atom. The fourth-order valence-corrected chi connectivity index (χ4v) is 4.01. The number of fused-ring (bicyclic) bond motifs is 2. The van der Waals surface area contributed by atoms with Gasteiger partial charge in [0.1, 0.15) is 5.69 Å². The molecule has 0 fully saturated rings. The zero-order chi connectivity index (χ0) is 15.9. The molecule has 3 aromatic rings. The molecule has 2 aromatic heterocycles. The summed E-state index contributed by atoms with van der Waals surface area (Å²) in [6.45, 7) is 2.94. The van der Waals surface area contributed by atoms with Crippen molar-refractivity contribution in [3.05, 3.63) is 59.5 Å². The number of nitrogens with one attached hydrogen (secondary N) is 1. The van der Waals surface area contributed by atoms with Gasteiger partial charge in [-0.3, -0.25) is 4.68 Å². The van der Waals surface area contributed by atoms with Gasteiger partial charge in [0.25, 0.3) is 0 Å². The number of aryl methyl sites for hydroxylation is 1. The largest absolute Gasteiger partial charge is 0.326 e. The molecule has 1 N–H and O–H groups in total. The molecular formula is C19H21N5. The van der Waals surface area contributed by atoms with E-state index in [9.17, 15) is 0 Å². The second-order valence-corrected chi connectivity index (χ2v) is 6.76. The highest BCUT2D eigenvalue weighted by atomic mass is 15.3. The van der Waals surface area contributed by atoms with E-state index in [0.717, 1.165) is 50.4 Å². The third kappa shape index (κ3) is 2.27. The fraction of sp³-hybridized carbons (Fsp3) is 0.368. The van der Waals surface area contributed by atoms with Gasteiger partial charge in [-0.25, -0.2) is 4.98 Å². The minimum atomic E-state index is 0.444. The Balaban J connectivity index is 1.48. The van der Waals surface area contributed by atoms with Crippen LogP contribution >= 0.6 is 0 Å². The van der Waals surface area contributed by atoms with Crippen LogP contribution < -0.4 is 5.32 Å². The molecule has 0 bridgehead atoms. The van der Waals surface area contributed by atoms with E-state index in [-0.39, 0.29) is 0 Å². The predicted molar refractivity (Wildman–Crippen MR) is 92.7 cm³/mol. The smallest absolute Gasteiger partial charge is 0.160 e. The molecule has 1 aromatic carbocycles. The number of imidazole rings is 1. The van der Waals surface area contributed by atoms with E-state index < -0.39 is 0 Å². The second kappa shape index (κ2) is 5.60. The van der Waals surface area contributed by atoms with E-state index in [1.807, 2.05) is 6.20 Å². The number of rotatable bonds is 2. The molecule has 0 unspecified atom stereocenters. The first-order valence-electron chi connectivity index (χ1n) is 8.76. The van der Waals surface area contributed by atoms with E-state index in [2.05, 4.69) is 56.1 Å². The van der Waals surface area contributed by atoms with E-state index in [1.165, 1.54) is 16.8 Å². The van der Waals surface area contributed by atoms with Crippen molar-refractivity contribution in [2.24, 2.45) is 0 Å². The standard InChI is InChI=1S/C19H21N5/c1-2-5-15-11-16(10-14(15)4-1)23-9-7-21-19(23)18-12-17-13-20-6-3-8-24(17)22-18/h1-2,4-5,7,9,12,16,20H,3,6,8,10-11,13H2. The van der Waals surface area contributed by atoms with E-state index in [0.29, 0.717) is 6.04 Å². The molecule has 0 radical (unpaired) electrons. The molecule has 1 aliphatic heterocycles. The highest BCUT2D eigenvalue weighted by Gasteiger charge is 2.25. The lowest BCUT2D eigenvalue weighted by Crippen LogP contribution is -2.12. The summed E-state index contributed by atoms with van der Waals surface area (Å²) in [6, 6.07) is 11.4. The van der Waals surface area contributed by atoms with Crippen LogP contribution in [0.2, 0.25) is 0 Å². The first kappa shape index (κ1) is 14.0. The summed E-state index contributed by atoms with van der Waals surface area (Å²) in [5, 5.41) is 8.28. The van der Waals surface area contributed by atoms with Crippen molar-refractivity contribution in [3.63, 3.8) is 0 Å². The molecule has 0 amide bonds. The van der Waals surface area contributed by atoms with Crippen LogP contribution in [0.25, 0.3) is 11.5 Å². The van der Waals surface area contributed by atoms with Gasteiger partial charge in [0.15, 0.2) is 5.82 Å². The van der Waals surface area contributed by atoms with Crippen molar-refractivity contribution in [2.45, 2.75) is 38.4 Å². The molecule has 3 heterocycles. The topological polar surface area (TPSA) is 47.7 Å². The van der Waals surface area contributed by atoms with Crippen LogP contribution in [0.5, 0.6) is 0 Å². The van der Waals surface area contributed by atoms with Gasteiger partial charge in [-0.2, -0.15) is 5.10 Å². The maximum atomic E-state index is 4.83. The summed E-state index contributed by atoms with van der Waals surface area (Å²) < 4.78 is 4.45. The van der Waals surface area contributed by atoms with Gasteiger partial charge in [0.2, 0.25) is 0 Å². The third-order valence-corrected chi connectivity index (χ3v) is 5.21. The van der Waals surface area contributed by atoms with Gasteiger partial charge < -0.3 is 9.88 Å². The Hall–Kier alpha value is -2.40. The maximum absolute atomic E-state index is 4.83. The quantitative estimate of drug-likeness (QED) is 0.790. The highest BCUT2D eigenvalue weighted by Crippen LogP contribution is 2.32. The fourth-order valence-electron chi connectivity index (χ4n) is 4.01. The van der Waals surface area contributed by atoms with Crippen LogP contribution in [0.3, 0.4) is 0 Å². The first-order valence-corrected chi connectivity index (χ1v) is 8.76. The van der Waals surface area contributed by atoms with Crippen molar-refractivity contribution in [2.75, 3.05) is 6.54 Å². The van der Waals surface area contributed by atoms with Gasteiger partial charge in [0.05, 0.1) is 5.69 Å². The van der Waals surface area contributed by atoms with Gasteiger partial charge >= 0.3 is 0 Å². The lowest BCUT2D eigenvalue weighted by atomic mass is 10.1. The van der Waals surface area contributed by atoms with E-state index in [4.69, 9.17) is 5.10 Å². The Morgan fingerprint density at radius 2 is 1.96 bits per heavy atom. The molecule has 0 spiro atoms. The molecule has 122 valence electrons. The van der Waals surface area contributed by atoms with E-state index >= 15 is 0 Å². The average molecular weight is 319 g/mol. The van der Waals surface area contributed by atoms with Gasteiger partial charge in [-0.15, -0.1) is 0 Å². The second-order valence-electron chi connectivity index (χ2n) is 6.76. The molecule has 5 rings (SSSR count). The summed E-state index contributed by atoms with van der Waals surface area (Å²) in [5.74, 6) is 0.994. The summed E-state index contributed by atoms with van der Waals surface area (Å²) in [6.07, 6.45) is 7.29. The number of nitrogens with zero attached hydrogens (tertiary/aromatic N) is 4. The van der Waals surface area contributed by atoms with Crippen molar-refractivity contribution in [3.8, 4) is 11.5 Å². The summed E-state index contributed by atoms with van der Waals surface area (Å²) in [5.41, 5.74) is 5.18. The molecule has 2 aliphatic rings. The van der Waals surface area contributed by atoms with Crippen LogP contribution in [0, 0.1) is 0 Å². The normalized spacial score (nSPS) is 17.5. The van der Waals surface area contributed by atoms with Crippen molar-refractivity contribution < 1.29 is 0 Å². The SMILES string of the molecule is c1ccc2c(c1)CC(n1ccnc1-c1cc3n(n1)CCCNC3)C2. The summed E-state index contributed by atoms with van der Waals surface area (Å²) >= 11 is 0. The number of hydrogen-bond donors (Lipinski definition) is 1. The van der Waals surface area contributed by atoms with Gasteiger partial charge in [-0.1, -0.05) is 24.3 Å². The maximum Gasteiger partial charge on any atom is 0.160 e. The average Bonchev–Trinajstić information content (AvgIpc) is 3.29. The lowest BCUT2D eigenvalue weighted by molar-refractivity contribution is 0.531. The predicted octanol–water partition coefficient (Wildman–Crippen LogP) is 2.58. The molecule has 5 nitrogen and oxygen atoms in total. The lowest BCUT2D eigenvalue weighted by Gasteiger charge is -2.14. The Kier molecular flexibility index (Phi) is 3.26. The minimum Gasteiger partial charge on any atom is -0.326 e. The monoisotopic (exact) mass is 319 g/mol. The van der Waals surface area contributed by atoms with Crippen molar-refractivity contribution in [1.82, 2.24) is 24.6 Å². The van der Waals surface area contributed by atoms with Gasteiger partial charge in [0, 0.05) is 31.5 Å². The summed E-state index contributed by atoms with van der Waals surface area (Å²) in [7, 11) is 0. The Morgan fingerprint density at radius 1 is 1.12 bits per heavy atom.